The first-order valence-electron chi connectivity index (χ1n) is 4.64. The second-order valence-corrected chi connectivity index (χ2v) is 3.00. The summed E-state index contributed by atoms with van der Waals surface area (Å²) in [6.07, 6.45) is 1.21. The highest BCUT2D eigenvalue weighted by Crippen LogP contribution is 2.13. The number of carbonyl (C=O) groups is 1. The third kappa shape index (κ3) is 3.70. The maximum absolute atomic E-state index is 12.9. The van der Waals surface area contributed by atoms with Crippen molar-refractivity contribution in [1.29, 1.82) is 0 Å². The van der Waals surface area contributed by atoms with Crippen LogP contribution in [0.4, 0.5) is 4.39 Å². The molecule has 0 aliphatic heterocycles. The minimum atomic E-state index is -1.01. The Balaban J connectivity index is 2.56. The highest BCUT2D eigenvalue weighted by molar-refractivity contribution is 5.87. The first-order chi connectivity index (χ1) is 7.63. The average molecular weight is 225 g/mol. The van der Waals surface area contributed by atoms with Crippen LogP contribution < -0.4 is 10.5 Å². The van der Waals surface area contributed by atoms with Crippen molar-refractivity contribution in [3.8, 4) is 5.75 Å². The summed E-state index contributed by atoms with van der Waals surface area (Å²) < 4.78 is 17.9. The third-order valence-corrected chi connectivity index (χ3v) is 1.82. The van der Waals surface area contributed by atoms with Gasteiger partial charge in [-0.05, 0) is 30.3 Å². The Morgan fingerprint density at radius 1 is 1.44 bits per heavy atom. The number of benzene rings is 1. The molecule has 0 aromatic heterocycles. The summed E-state index contributed by atoms with van der Waals surface area (Å²) in [5.41, 5.74) is 5.27. The quantitative estimate of drug-likeness (QED) is 0.797. The lowest BCUT2D eigenvalue weighted by Gasteiger charge is -2.04. The summed E-state index contributed by atoms with van der Waals surface area (Å²) in [6.45, 7) is -0.0865. The van der Waals surface area contributed by atoms with E-state index < -0.39 is 11.8 Å². The largest absolute Gasteiger partial charge is 0.487 e. The molecule has 16 heavy (non-hydrogen) atoms. The first kappa shape index (κ1) is 12.2. The van der Waals surface area contributed by atoms with Crippen molar-refractivity contribution >= 4 is 5.97 Å². The monoisotopic (exact) mass is 225 g/mol. The highest BCUT2D eigenvalue weighted by Gasteiger charge is 2.02. The van der Waals surface area contributed by atoms with Gasteiger partial charge in [0.2, 0.25) is 0 Å². The summed E-state index contributed by atoms with van der Waals surface area (Å²) in [5, 5.41) is 8.64. The van der Waals surface area contributed by atoms with Gasteiger partial charge in [-0.25, -0.2) is 9.18 Å². The van der Waals surface area contributed by atoms with E-state index in [9.17, 15) is 9.18 Å². The molecule has 5 heteroatoms. The van der Waals surface area contributed by atoms with Crippen LogP contribution in [0.1, 0.15) is 10.4 Å². The molecule has 0 fully saturated rings. The standard InChI is InChI=1S/C11H12FNO3/c12-9(5-6-13)7-16-10-3-1-8(2-4-10)11(14)15/h1-5H,6-7,13H2,(H,14,15). The molecule has 0 amide bonds. The summed E-state index contributed by atoms with van der Waals surface area (Å²) in [7, 11) is 0. The molecule has 0 spiro atoms. The number of nitrogens with two attached hydrogens (primary N) is 1. The topological polar surface area (TPSA) is 72.5 Å². The Kier molecular flexibility index (Phi) is 4.47. The van der Waals surface area contributed by atoms with Crippen molar-refractivity contribution in [2.75, 3.05) is 13.2 Å². The number of ether oxygens (including phenoxy) is 1. The molecule has 0 saturated heterocycles. The van der Waals surface area contributed by atoms with Gasteiger partial charge in [0.1, 0.15) is 18.2 Å². The normalized spacial score (nSPS) is 11.2. The van der Waals surface area contributed by atoms with Gasteiger partial charge in [-0.3, -0.25) is 0 Å². The molecule has 0 atom stereocenters. The number of carboxylic acid groups (broad SMARTS) is 1. The van der Waals surface area contributed by atoms with Crippen LogP contribution in [0.5, 0.6) is 5.75 Å². The molecule has 0 radical (unpaired) electrons. The van der Waals surface area contributed by atoms with E-state index in [1.54, 1.807) is 0 Å². The van der Waals surface area contributed by atoms with Crippen molar-refractivity contribution in [2.24, 2.45) is 5.73 Å². The molecule has 0 heterocycles. The van der Waals surface area contributed by atoms with E-state index in [0.717, 1.165) is 0 Å². The Labute approximate surface area is 92.1 Å². The predicted molar refractivity (Wildman–Crippen MR) is 57.1 cm³/mol. The van der Waals surface area contributed by atoms with Crippen molar-refractivity contribution in [1.82, 2.24) is 0 Å². The third-order valence-electron chi connectivity index (χ3n) is 1.82. The molecule has 86 valence electrons. The zero-order valence-electron chi connectivity index (χ0n) is 8.52. The van der Waals surface area contributed by atoms with Gasteiger partial charge in [-0.15, -0.1) is 0 Å². The van der Waals surface area contributed by atoms with Gasteiger partial charge in [0.05, 0.1) is 5.56 Å². The Bertz CT molecular complexity index is 387. The van der Waals surface area contributed by atoms with Crippen LogP contribution in [-0.2, 0) is 0 Å². The highest BCUT2D eigenvalue weighted by atomic mass is 19.1. The van der Waals surface area contributed by atoms with Gasteiger partial charge in [-0.1, -0.05) is 0 Å². The van der Waals surface area contributed by atoms with Crippen LogP contribution in [0.2, 0.25) is 0 Å². The van der Waals surface area contributed by atoms with Gasteiger partial charge < -0.3 is 15.6 Å². The van der Waals surface area contributed by atoms with Crippen LogP contribution in [0.15, 0.2) is 36.2 Å². The van der Waals surface area contributed by atoms with E-state index in [4.69, 9.17) is 15.6 Å². The smallest absolute Gasteiger partial charge is 0.335 e. The second-order valence-electron chi connectivity index (χ2n) is 3.00. The summed E-state index contributed by atoms with van der Waals surface area (Å²) in [4.78, 5) is 10.5. The van der Waals surface area contributed by atoms with Gasteiger partial charge in [-0.2, -0.15) is 0 Å². The van der Waals surface area contributed by atoms with Crippen molar-refractivity contribution in [3.63, 3.8) is 0 Å². The maximum atomic E-state index is 12.9. The molecule has 0 saturated carbocycles. The fourth-order valence-corrected chi connectivity index (χ4v) is 1.03. The number of rotatable bonds is 5. The van der Waals surface area contributed by atoms with E-state index in [0.29, 0.717) is 5.75 Å². The number of aromatic carboxylic acids is 1. The summed E-state index contributed by atoms with van der Waals surface area (Å²) >= 11 is 0. The lowest BCUT2D eigenvalue weighted by atomic mass is 10.2. The summed E-state index contributed by atoms with van der Waals surface area (Å²) in [6, 6.07) is 5.72. The minimum absolute atomic E-state index is 0.118. The molecule has 0 aliphatic carbocycles. The van der Waals surface area contributed by atoms with Gasteiger partial charge in [0.25, 0.3) is 0 Å². The average Bonchev–Trinajstić information content (AvgIpc) is 2.27. The fraction of sp³-hybridized carbons (Fsp3) is 0.182. The first-order valence-corrected chi connectivity index (χ1v) is 4.64. The SMILES string of the molecule is NCC=C(F)COc1ccc(C(=O)O)cc1. The Morgan fingerprint density at radius 2 is 2.06 bits per heavy atom. The molecule has 0 bridgehead atoms. The Hall–Kier alpha value is -1.88. The second kappa shape index (κ2) is 5.87. The zero-order chi connectivity index (χ0) is 12.0. The van der Waals surface area contributed by atoms with E-state index in [-0.39, 0.29) is 18.7 Å². The predicted octanol–water partition coefficient (Wildman–Crippen LogP) is 1.58. The van der Waals surface area contributed by atoms with Crippen LogP contribution >= 0.6 is 0 Å². The molecule has 1 rings (SSSR count). The number of halogens is 1. The molecule has 1 aromatic rings. The van der Waals surface area contributed by atoms with E-state index in [2.05, 4.69) is 0 Å². The van der Waals surface area contributed by atoms with Crippen LogP contribution in [0, 0.1) is 0 Å². The molecule has 0 unspecified atom stereocenters. The number of hydrogen-bond donors (Lipinski definition) is 2. The number of carboxylic acids is 1. The maximum Gasteiger partial charge on any atom is 0.335 e. The summed E-state index contributed by atoms with van der Waals surface area (Å²) in [5.74, 6) is -1.06. The molecule has 3 N–H and O–H groups in total. The molecule has 4 nitrogen and oxygen atoms in total. The van der Waals surface area contributed by atoms with Crippen molar-refractivity contribution < 1.29 is 19.0 Å². The van der Waals surface area contributed by atoms with E-state index >= 15 is 0 Å². The van der Waals surface area contributed by atoms with Gasteiger partial charge in [0, 0.05) is 6.54 Å². The van der Waals surface area contributed by atoms with Crippen LogP contribution in [0.25, 0.3) is 0 Å². The van der Waals surface area contributed by atoms with Gasteiger partial charge >= 0.3 is 5.97 Å². The van der Waals surface area contributed by atoms with E-state index in [1.807, 2.05) is 0 Å². The molecular weight excluding hydrogens is 213 g/mol. The van der Waals surface area contributed by atoms with Crippen molar-refractivity contribution in [3.05, 3.63) is 41.7 Å². The van der Waals surface area contributed by atoms with Crippen LogP contribution in [0.3, 0.4) is 0 Å². The minimum Gasteiger partial charge on any atom is -0.487 e. The molecule has 1 aromatic carbocycles. The molecular formula is C11H12FNO3. The number of hydrogen-bond acceptors (Lipinski definition) is 3. The van der Waals surface area contributed by atoms with Gasteiger partial charge in [0.15, 0.2) is 0 Å². The zero-order valence-corrected chi connectivity index (χ0v) is 8.52. The molecule has 0 aliphatic rings. The van der Waals surface area contributed by atoms with Crippen molar-refractivity contribution in [2.45, 2.75) is 0 Å². The van der Waals surface area contributed by atoms with Crippen LogP contribution in [-0.4, -0.2) is 24.2 Å². The lowest BCUT2D eigenvalue weighted by Crippen LogP contribution is -2.02. The fourth-order valence-electron chi connectivity index (χ4n) is 1.03. The lowest BCUT2D eigenvalue weighted by molar-refractivity contribution is 0.0697. The van der Waals surface area contributed by atoms with E-state index in [1.165, 1.54) is 30.3 Å². The Morgan fingerprint density at radius 3 is 2.56 bits per heavy atom.